The van der Waals surface area contributed by atoms with Gasteiger partial charge in [0.2, 0.25) is 5.91 Å². The van der Waals surface area contributed by atoms with Crippen LogP contribution in [0.4, 0.5) is 0 Å². The van der Waals surface area contributed by atoms with Gasteiger partial charge in [0.25, 0.3) is 0 Å². The molecule has 20 heavy (non-hydrogen) atoms. The third kappa shape index (κ3) is 3.90. The lowest BCUT2D eigenvalue weighted by Crippen LogP contribution is -2.24. The minimum atomic E-state index is -0.229. The minimum absolute atomic E-state index is 0.140. The Morgan fingerprint density at radius 3 is 2.30 bits per heavy atom. The van der Waals surface area contributed by atoms with Crippen molar-refractivity contribution in [3.8, 4) is 11.5 Å². The first-order chi connectivity index (χ1) is 9.54. The first-order valence-electron chi connectivity index (χ1n) is 6.06. The maximum atomic E-state index is 11.8. The lowest BCUT2D eigenvalue weighted by molar-refractivity contribution is -0.120. The van der Waals surface area contributed by atoms with Gasteiger partial charge in [0.1, 0.15) is 0 Å². The van der Waals surface area contributed by atoms with Crippen LogP contribution in [-0.4, -0.2) is 16.1 Å². The zero-order valence-corrected chi connectivity index (χ0v) is 11.4. The van der Waals surface area contributed by atoms with Gasteiger partial charge in [0, 0.05) is 11.6 Å². The zero-order valence-electron chi connectivity index (χ0n) is 10.6. The highest BCUT2D eigenvalue weighted by Crippen LogP contribution is 2.24. The summed E-state index contributed by atoms with van der Waals surface area (Å²) in [4.78, 5) is 11.8. The molecule has 0 aliphatic heterocycles. The fourth-order valence-electron chi connectivity index (χ4n) is 1.73. The molecular weight excluding hydrogens is 278 g/mol. The molecule has 2 aromatic carbocycles. The summed E-state index contributed by atoms with van der Waals surface area (Å²) in [7, 11) is 0. The molecule has 0 bridgehead atoms. The molecule has 0 aliphatic rings. The van der Waals surface area contributed by atoms with E-state index < -0.39 is 0 Å². The van der Waals surface area contributed by atoms with Crippen LogP contribution in [0.5, 0.6) is 11.5 Å². The van der Waals surface area contributed by atoms with E-state index in [4.69, 9.17) is 11.6 Å². The molecule has 0 saturated carbocycles. The maximum absolute atomic E-state index is 11.8. The molecule has 0 aliphatic carbocycles. The largest absolute Gasteiger partial charge is 0.504 e. The highest BCUT2D eigenvalue weighted by molar-refractivity contribution is 6.30. The van der Waals surface area contributed by atoms with Crippen molar-refractivity contribution in [3.63, 3.8) is 0 Å². The summed E-state index contributed by atoms with van der Waals surface area (Å²) in [6, 6.07) is 11.5. The molecule has 2 aromatic rings. The fraction of sp³-hybridized carbons (Fsp3) is 0.133. The molecule has 104 valence electrons. The molecule has 0 unspecified atom stereocenters. The Balaban J connectivity index is 1.89. The highest BCUT2D eigenvalue weighted by atomic mass is 35.5. The van der Waals surface area contributed by atoms with Crippen LogP contribution >= 0.6 is 11.6 Å². The molecule has 0 aromatic heterocycles. The van der Waals surface area contributed by atoms with E-state index in [1.807, 2.05) is 12.1 Å². The van der Waals surface area contributed by atoms with Crippen LogP contribution in [0.1, 0.15) is 11.1 Å². The molecule has 0 saturated heterocycles. The summed E-state index contributed by atoms with van der Waals surface area (Å²) >= 11 is 5.78. The molecule has 0 spiro atoms. The molecule has 2 rings (SSSR count). The van der Waals surface area contributed by atoms with E-state index >= 15 is 0 Å². The Bertz CT molecular complexity index is 611. The van der Waals surface area contributed by atoms with E-state index in [0.717, 1.165) is 5.56 Å². The second kappa shape index (κ2) is 6.30. The molecular formula is C15H14ClNO3. The predicted molar refractivity (Wildman–Crippen MR) is 76.8 cm³/mol. The van der Waals surface area contributed by atoms with Crippen LogP contribution in [0.2, 0.25) is 5.02 Å². The fourth-order valence-corrected chi connectivity index (χ4v) is 1.86. The molecule has 5 heteroatoms. The second-order valence-electron chi connectivity index (χ2n) is 4.40. The summed E-state index contributed by atoms with van der Waals surface area (Å²) in [5, 5.41) is 22.0. The second-order valence-corrected chi connectivity index (χ2v) is 4.84. The Morgan fingerprint density at radius 2 is 1.65 bits per heavy atom. The van der Waals surface area contributed by atoms with Crippen molar-refractivity contribution in [2.45, 2.75) is 13.0 Å². The van der Waals surface area contributed by atoms with Gasteiger partial charge < -0.3 is 15.5 Å². The number of carbonyl (C=O) groups is 1. The minimum Gasteiger partial charge on any atom is -0.504 e. The first-order valence-corrected chi connectivity index (χ1v) is 6.44. The van der Waals surface area contributed by atoms with Crippen molar-refractivity contribution in [2.24, 2.45) is 0 Å². The molecule has 0 radical (unpaired) electrons. The number of phenolic OH excluding ortho intramolecular Hbond substituents is 2. The van der Waals surface area contributed by atoms with Crippen LogP contribution in [0.15, 0.2) is 42.5 Å². The number of nitrogens with one attached hydrogen (secondary N) is 1. The smallest absolute Gasteiger partial charge is 0.224 e. The van der Waals surface area contributed by atoms with E-state index in [1.165, 1.54) is 12.1 Å². The number of aromatic hydroxyl groups is 2. The maximum Gasteiger partial charge on any atom is 0.224 e. The topological polar surface area (TPSA) is 69.6 Å². The van der Waals surface area contributed by atoms with Crippen LogP contribution in [0.3, 0.4) is 0 Å². The predicted octanol–water partition coefficient (Wildman–Crippen LogP) is 2.61. The summed E-state index contributed by atoms with van der Waals surface area (Å²) in [6.45, 7) is 0.417. The van der Waals surface area contributed by atoms with Gasteiger partial charge in [-0.2, -0.15) is 0 Å². The number of carbonyl (C=O) groups excluding carboxylic acids is 1. The number of amides is 1. The quantitative estimate of drug-likeness (QED) is 0.759. The number of rotatable bonds is 4. The van der Waals surface area contributed by atoms with Crippen molar-refractivity contribution in [1.29, 1.82) is 0 Å². The van der Waals surface area contributed by atoms with Gasteiger partial charge in [-0.25, -0.2) is 0 Å². The molecule has 0 heterocycles. The van der Waals surface area contributed by atoms with Crippen molar-refractivity contribution < 1.29 is 15.0 Å². The van der Waals surface area contributed by atoms with Crippen molar-refractivity contribution >= 4 is 17.5 Å². The Labute approximate surface area is 121 Å². The average molecular weight is 292 g/mol. The Hall–Kier alpha value is -2.20. The lowest BCUT2D eigenvalue weighted by atomic mass is 10.1. The van der Waals surface area contributed by atoms with Gasteiger partial charge in [0.05, 0.1) is 6.42 Å². The van der Waals surface area contributed by atoms with Gasteiger partial charge in [-0.1, -0.05) is 29.8 Å². The zero-order chi connectivity index (χ0) is 14.5. The van der Waals surface area contributed by atoms with E-state index in [0.29, 0.717) is 17.1 Å². The van der Waals surface area contributed by atoms with E-state index in [9.17, 15) is 15.0 Å². The van der Waals surface area contributed by atoms with Crippen molar-refractivity contribution in [3.05, 3.63) is 58.6 Å². The van der Waals surface area contributed by atoms with Crippen molar-refractivity contribution in [2.75, 3.05) is 0 Å². The van der Waals surface area contributed by atoms with Crippen molar-refractivity contribution in [1.82, 2.24) is 5.32 Å². The van der Waals surface area contributed by atoms with Crippen LogP contribution in [0.25, 0.3) is 0 Å². The van der Waals surface area contributed by atoms with E-state index in [-0.39, 0.29) is 23.8 Å². The molecule has 0 fully saturated rings. The monoisotopic (exact) mass is 291 g/mol. The standard InChI is InChI=1S/C15H14ClNO3/c16-12-4-1-10(2-5-12)9-17-15(20)8-11-3-6-13(18)14(19)7-11/h1-7,18-19H,8-9H2,(H,17,20). The van der Waals surface area contributed by atoms with Gasteiger partial charge in [0.15, 0.2) is 11.5 Å². The number of phenols is 2. The summed E-state index contributed by atoms with van der Waals surface area (Å²) in [5.74, 6) is -0.589. The number of halogens is 1. The summed E-state index contributed by atoms with van der Waals surface area (Å²) < 4.78 is 0. The van der Waals surface area contributed by atoms with E-state index in [1.54, 1.807) is 18.2 Å². The summed E-state index contributed by atoms with van der Waals surface area (Å²) in [6.07, 6.45) is 0.140. The number of hydrogen-bond acceptors (Lipinski definition) is 3. The van der Waals surface area contributed by atoms with Crippen LogP contribution < -0.4 is 5.32 Å². The number of hydrogen-bond donors (Lipinski definition) is 3. The Kier molecular flexibility index (Phi) is 4.48. The van der Waals surface area contributed by atoms with Crippen LogP contribution in [-0.2, 0) is 17.8 Å². The Morgan fingerprint density at radius 1 is 1.00 bits per heavy atom. The molecule has 3 N–H and O–H groups in total. The van der Waals surface area contributed by atoms with Crippen LogP contribution in [0, 0.1) is 0 Å². The van der Waals surface area contributed by atoms with E-state index in [2.05, 4.69) is 5.32 Å². The molecule has 1 amide bonds. The number of benzene rings is 2. The third-order valence-electron chi connectivity index (χ3n) is 2.81. The molecule has 4 nitrogen and oxygen atoms in total. The van der Waals surface area contributed by atoms with Gasteiger partial charge >= 0.3 is 0 Å². The van der Waals surface area contributed by atoms with Gasteiger partial charge in [-0.3, -0.25) is 4.79 Å². The first kappa shape index (κ1) is 14.2. The van der Waals surface area contributed by atoms with Gasteiger partial charge in [-0.15, -0.1) is 0 Å². The lowest BCUT2D eigenvalue weighted by Gasteiger charge is -2.06. The SMILES string of the molecule is O=C(Cc1ccc(O)c(O)c1)NCc1ccc(Cl)cc1. The normalized spacial score (nSPS) is 10.2. The average Bonchev–Trinajstić information content (AvgIpc) is 2.42. The third-order valence-corrected chi connectivity index (χ3v) is 3.06. The highest BCUT2D eigenvalue weighted by Gasteiger charge is 2.06. The summed E-state index contributed by atoms with van der Waals surface area (Å²) in [5.41, 5.74) is 1.59. The van der Waals surface area contributed by atoms with Gasteiger partial charge in [-0.05, 0) is 35.4 Å². The molecule has 0 atom stereocenters.